The smallest absolute Gasteiger partial charge is 0.305 e. The number of nitrogens with two attached hydrogens (primary N) is 1. The van der Waals surface area contributed by atoms with Crippen molar-refractivity contribution in [3.8, 4) is 28.1 Å². The van der Waals surface area contributed by atoms with Gasteiger partial charge in [-0.1, -0.05) is 198 Å². The fraction of sp³-hybridized carbons (Fsp3) is 0.593. The van der Waals surface area contributed by atoms with Crippen molar-refractivity contribution in [2.24, 2.45) is 5.73 Å². The topological polar surface area (TPSA) is 147 Å². The minimum atomic E-state index is -1.21. The molecule has 0 spiro atoms. The van der Waals surface area contributed by atoms with Crippen LogP contribution in [0.1, 0.15) is 210 Å². The second kappa shape index (κ2) is 33.1. The van der Waals surface area contributed by atoms with Crippen LogP contribution >= 0.6 is 0 Å². The third-order valence-corrected chi connectivity index (χ3v) is 13.4. The zero-order valence-electron chi connectivity index (χ0n) is 42.6. The molecule has 0 fully saturated rings. The number of carboxylic acids is 1. The summed E-state index contributed by atoms with van der Waals surface area (Å²) in [5, 5.41) is 33.8. The van der Waals surface area contributed by atoms with Gasteiger partial charge in [-0.3, -0.25) is 9.59 Å². The number of benzene rings is 3. The third-order valence-electron chi connectivity index (χ3n) is 13.4. The minimum absolute atomic E-state index is 0.116. The second-order valence-electron chi connectivity index (χ2n) is 19.8. The number of hydrogen-bond acceptors (Lipinski definition) is 6. The summed E-state index contributed by atoms with van der Waals surface area (Å²) in [4.78, 5) is 25.9. The molecule has 9 nitrogen and oxygen atoms in total. The van der Waals surface area contributed by atoms with Gasteiger partial charge in [-0.2, -0.15) is 0 Å². The lowest BCUT2D eigenvalue weighted by Gasteiger charge is -2.21. The van der Waals surface area contributed by atoms with Gasteiger partial charge in [-0.05, 0) is 67.9 Å². The predicted molar refractivity (Wildman–Crippen MR) is 283 cm³/mol. The average Bonchev–Trinajstić information content (AvgIpc) is 3.67. The van der Waals surface area contributed by atoms with Crippen LogP contribution in [-0.4, -0.2) is 56.6 Å². The average molecular weight is 954 g/mol. The lowest BCUT2D eigenvalue weighted by atomic mass is 9.94. The molecule has 0 unspecified atom stereocenters. The first-order valence-corrected chi connectivity index (χ1v) is 26.9. The normalized spacial score (nSPS) is 12.9. The number of unbranched alkanes of at least 4 members (excludes halogenated alkanes) is 19. The first-order chi connectivity index (χ1) is 33.5. The fourth-order valence-corrected chi connectivity index (χ4v) is 9.71. The van der Waals surface area contributed by atoms with Crippen LogP contribution in [0.5, 0.6) is 5.75 Å². The number of nitrogens with one attached hydrogen (secondary N) is 1. The Kier molecular flexibility index (Phi) is 27.4. The number of ether oxygens (including phenoxy) is 1. The van der Waals surface area contributed by atoms with Crippen molar-refractivity contribution in [3.05, 3.63) is 95.9 Å². The molecule has 0 radical (unpaired) electrons. The molecule has 3 atom stereocenters. The summed E-state index contributed by atoms with van der Waals surface area (Å²) >= 11 is 0. The van der Waals surface area contributed by atoms with Crippen molar-refractivity contribution in [1.82, 2.24) is 4.57 Å². The number of rotatable bonds is 38. The Hall–Kier alpha value is -4.51. The van der Waals surface area contributed by atoms with E-state index in [-0.39, 0.29) is 31.2 Å². The molecule has 1 aromatic heterocycles. The summed E-state index contributed by atoms with van der Waals surface area (Å²) < 4.78 is 23.7. The molecule has 0 saturated heterocycles. The number of para-hydroxylation sites is 1. The summed E-state index contributed by atoms with van der Waals surface area (Å²) in [6.45, 7) is 6.92. The number of anilines is 1. The van der Waals surface area contributed by atoms with E-state index in [0.717, 1.165) is 30.5 Å². The molecule has 382 valence electrons. The van der Waals surface area contributed by atoms with Crippen LogP contribution in [0, 0.1) is 5.82 Å². The molecule has 0 saturated carbocycles. The Bertz CT molecular complexity index is 2020. The molecule has 1 heterocycles. The lowest BCUT2D eigenvalue weighted by molar-refractivity contribution is -0.139. The van der Waals surface area contributed by atoms with E-state index in [1.165, 1.54) is 141 Å². The van der Waals surface area contributed by atoms with Crippen LogP contribution < -0.4 is 15.8 Å². The van der Waals surface area contributed by atoms with E-state index < -0.39 is 30.4 Å². The molecule has 3 aromatic carbocycles. The maximum atomic E-state index is 15.2. The summed E-state index contributed by atoms with van der Waals surface area (Å²) in [5.41, 5.74) is 10.8. The van der Waals surface area contributed by atoms with E-state index >= 15 is 4.39 Å². The van der Waals surface area contributed by atoms with Crippen LogP contribution in [0.3, 0.4) is 0 Å². The standard InChI is InChI=1S/C59H88FN3O6/c1-4-5-6-26-33-48(61)34-27-20-18-16-14-12-10-8-7-9-11-13-15-17-19-21-30-41-69-53-42-47(60)37-38-52(53)58-55(46-31-24-22-25-32-46)56(59(68)62-49-35-28-23-29-36-49)57(45(2)3)63(58)40-39-50(64)43-51(65)44-54(66)67/h22-25,28-29,31-32,35-38,42,45,48,50-51,64-65H,4-21,26-27,30,33-34,39-41,43-44,61H2,1-3H3,(H,62,68)(H,66,67)/t48-,50-,51-/m1/s1. The van der Waals surface area contributed by atoms with Crippen LogP contribution in [0.4, 0.5) is 10.1 Å². The Morgan fingerprint density at radius 1 is 0.681 bits per heavy atom. The number of aliphatic hydroxyl groups excluding tert-OH is 2. The Morgan fingerprint density at radius 3 is 1.74 bits per heavy atom. The number of aromatic nitrogens is 1. The Labute approximate surface area is 414 Å². The molecule has 0 aliphatic heterocycles. The largest absolute Gasteiger partial charge is 0.493 e. The molecular weight excluding hydrogens is 866 g/mol. The van der Waals surface area contributed by atoms with Gasteiger partial charge in [0.2, 0.25) is 0 Å². The number of aliphatic hydroxyl groups is 2. The van der Waals surface area contributed by atoms with Gasteiger partial charge in [0.1, 0.15) is 11.6 Å². The molecule has 4 aromatic rings. The van der Waals surface area contributed by atoms with Crippen LogP contribution in [0.2, 0.25) is 0 Å². The van der Waals surface area contributed by atoms with Gasteiger partial charge < -0.3 is 35.7 Å². The van der Waals surface area contributed by atoms with Crippen molar-refractivity contribution in [2.75, 3.05) is 11.9 Å². The van der Waals surface area contributed by atoms with E-state index in [9.17, 15) is 24.9 Å². The third kappa shape index (κ3) is 21.2. The summed E-state index contributed by atoms with van der Waals surface area (Å²) in [6, 6.07) is 23.8. The number of amides is 1. The molecular formula is C59H88FN3O6. The molecule has 6 N–H and O–H groups in total. The van der Waals surface area contributed by atoms with Crippen molar-refractivity contribution in [2.45, 2.75) is 218 Å². The first-order valence-electron chi connectivity index (χ1n) is 26.9. The van der Waals surface area contributed by atoms with E-state index in [4.69, 9.17) is 10.5 Å². The SMILES string of the molecule is CCCCCC[C@@H](N)CCCCCCCCCCCCCCCCCCCOc1cc(F)ccc1-c1c(-c2ccccc2)c(C(=O)Nc2ccccc2)c(C(C)C)n1CC[C@@H](O)C[C@@H](O)CC(=O)O. The summed E-state index contributed by atoms with van der Waals surface area (Å²) in [5.74, 6) is -1.69. The van der Waals surface area contributed by atoms with E-state index in [0.29, 0.717) is 46.5 Å². The second-order valence-corrected chi connectivity index (χ2v) is 19.8. The van der Waals surface area contributed by atoms with Crippen LogP contribution in [-0.2, 0) is 11.3 Å². The first kappa shape index (κ1) is 57.1. The summed E-state index contributed by atoms with van der Waals surface area (Å²) in [6.07, 6.45) is 26.4. The van der Waals surface area contributed by atoms with Crippen molar-refractivity contribution in [1.29, 1.82) is 0 Å². The van der Waals surface area contributed by atoms with Crippen LogP contribution in [0.15, 0.2) is 78.9 Å². The van der Waals surface area contributed by atoms with Gasteiger partial charge in [-0.15, -0.1) is 0 Å². The summed E-state index contributed by atoms with van der Waals surface area (Å²) in [7, 11) is 0. The van der Waals surface area contributed by atoms with E-state index in [2.05, 4.69) is 12.2 Å². The zero-order chi connectivity index (χ0) is 49.6. The van der Waals surface area contributed by atoms with Crippen LogP contribution in [0.25, 0.3) is 22.4 Å². The van der Waals surface area contributed by atoms with E-state index in [1.54, 1.807) is 6.07 Å². The number of carbonyl (C=O) groups is 2. The van der Waals surface area contributed by atoms with Gasteiger partial charge in [0, 0.05) is 41.2 Å². The molecule has 0 aliphatic carbocycles. The zero-order valence-corrected chi connectivity index (χ0v) is 42.6. The monoisotopic (exact) mass is 954 g/mol. The highest BCUT2D eigenvalue weighted by atomic mass is 19.1. The lowest BCUT2D eigenvalue weighted by Crippen LogP contribution is -2.22. The molecule has 4 rings (SSSR count). The number of halogens is 1. The Morgan fingerprint density at radius 2 is 1.20 bits per heavy atom. The van der Waals surface area contributed by atoms with Gasteiger partial charge in [0.25, 0.3) is 5.91 Å². The highest BCUT2D eigenvalue weighted by Gasteiger charge is 2.32. The number of hydrogen-bond donors (Lipinski definition) is 5. The van der Waals surface area contributed by atoms with Crippen molar-refractivity contribution >= 4 is 17.6 Å². The van der Waals surface area contributed by atoms with Crippen molar-refractivity contribution < 1.29 is 34.0 Å². The fourth-order valence-electron chi connectivity index (χ4n) is 9.71. The van der Waals surface area contributed by atoms with Gasteiger partial charge in [0.05, 0.1) is 36.5 Å². The number of carbonyl (C=O) groups excluding carboxylic acids is 1. The molecule has 0 bridgehead atoms. The van der Waals surface area contributed by atoms with Crippen molar-refractivity contribution in [3.63, 3.8) is 0 Å². The minimum Gasteiger partial charge on any atom is -0.493 e. The highest BCUT2D eigenvalue weighted by molar-refractivity contribution is 6.12. The number of nitrogens with zero attached hydrogens (tertiary/aromatic N) is 1. The number of carboxylic acid groups (broad SMARTS) is 1. The van der Waals surface area contributed by atoms with Gasteiger partial charge in [-0.25, -0.2) is 4.39 Å². The number of aliphatic carboxylic acids is 1. The Balaban J connectivity index is 1.31. The molecule has 10 heteroatoms. The molecule has 0 aliphatic rings. The van der Waals surface area contributed by atoms with E-state index in [1.807, 2.05) is 79.1 Å². The quantitative estimate of drug-likeness (QED) is 0.0281. The maximum Gasteiger partial charge on any atom is 0.305 e. The molecule has 1 amide bonds. The highest BCUT2D eigenvalue weighted by Crippen LogP contribution is 2.45. The maximum absolute atomic E-state index is 15.2. The van der Waals surface area contributed by atoms with Gasteiger partial charge >= 0.3 is 5.97 Å². The predicted octanol–water partition coefficient (Wildman–Crippen LogP) is 15.0. The van der Waals surface area contributed by atoms with Gasteiger partial charge in [0.15, 0.2) is 0 Å². The molecule has 69 heavy (non-hydrogen) atoms.